The zero-order chi connectivity index (χ0) is 21.1. The summed E-state index contributed by atoms with van der Waals surface area (Å²) >= 11 is 5.94. The summed E-state index contributed by atoms with van der Waals surface area (Å²) in [5.41, 5.74) is -0.112. The molecule has 30 heavy (non-hydrogen) atoms. The Bertz CT molecular complexity index is 1080. The van der Waals surface area contributed by atoms with Gasteiger partial charge in [-0.2, -0.15) is 5.10 Å². The summed E-state index contributed by atoms with van der Waals surface area (Å²) in [5, 5.41) is 18.3. The maximum absolute atomic E-state index is 12.8. The number of benzene rings is 1. The minimum absolute atomic E-state index is 0.0881. The number of aromatic nitrogens is 5. The van der Waals surface area contributed by atoms with Gasteiger partial charge in [0, 0.05) is 30.2 Å². The molecule has 0 bridgehead atoms. The molecule has 0 spiro atoms. The molecular formula is C18H17ClN8O3. The largest absolute Gasteiger partial charge is 0.356 e. The SMILES string of the molecule is O=C(Nc1cc(Cl)ccc1[N+](=O)[O-])C1CCCN(c2cc(-n3cncn3)ncn2)C1. The van der Waals surface area contributed by atoms with Gasteiger partial charge in [-0.05, 0) is 25.0 Å². The van der Waals surface area contributed by atoms with E-state index in [9.17, 15) is 14.9 Å². The third kappa shape index (κ3) is 4.20. The van der Waals surface area contributed by atoms with E-state index in [0.29, 0.717) is 29.6 Å². The maximum atomic E-state index is 12.8. The number of piperidine rings is 1. The Morgan fingerprint density at radius 1 is 1.23 bits per heavy atom. The van der Waals surface area contributed by atoms with Crippen LogP contribution in [-0.4, -0.2) is 48.7 Å². The highest BCUT2D eigenvalue weighted by Crippen LogP contribution is 2.29. The second kappa shape index (κ2) is 8.41. The average Bonchev–Trinajstić information content (AvgIpc) is 3.29. The number of carbonyl (C=O) groups excluding carboxylic acids is 1. The van der Waals surface area contributed by atoms with Gasteiger partial charge >= 0.3 is 0 Å². The van der Waals surface area contributed by atoms with E-state index in [1.165, 1.54) is 41.9 Å². The van der Waals surface area contributed by atoms with E-state index >= 15 is 0 Å². The van der Waals surface area contributed by atoms with Crippen LogP contribution in [-0.2, 0) is 4.79 Å². The third-order valence-electron chi connectivity index (χ3n) is 4.82. The molecule has 1 amide bonds. The zero-order valence-electron chi connectivity index (χ0n) is 15.7. The quantitative estimate of drug-likeness (QED) is 0.484. The van der Waals surface area contributed by atoms with E-state index in [4.69, 9.17) is 11.6 Å². The van der Waals surface area contributed by atoms with Crippen LogP contribution >= 0.6 is 11.6 Å². The van der Waals surface area contributed by atoms with Crippen LogP contribution in [0.1, 0.15) is 12.8 Å². The molecule has 1 N–H and O–H groups in total. The van der Waals surface area contributed by atoms with Crippen LogP contribution in [0.15, 0.2) is 43.2 Å². The summed E-state index contributed by atoms with van der Waals surface area (Å²) in [5.74, 6) is 0.582. The molecule has 154 valence electrons. The number of halogens is 1. The number of carbonyl (C=O) groups is 1. The van der Waals surface area contributed by atoms with Gasteiger partial charge in [0.1, 0.15) is 30.5 Å². The lowest BCUT2D eigenvalue weighted by Gasteiger charge is -2.32. The summed E-state index contributed by atoms with van der Waals surface area (Å²) in [6, 6.07) is 5.85. The van der Waals surface area contributed by atoms with Crippen LogP contribution in [0.25, 0.3) is 5.82 Å². The smallest absolute Gasteiger partial charge is 0.292 e. The monoisotopic (exact) mass is 428 g/mol. The lowest BCUT2D eigenvalue weighted by atomic mass is 9.97. The fraction of sp³-hybridized carbons (Fsp3) is 0.278. The number of hydrogen-bond donors (Lipinski definition) is 1. The number of rotatable bonds is 5. The van der Waals surface area contributed by atoms with Crippen LogP contribution in [0.5, 0.6) is 0 Å². The molecule has 3 aromatic rings. The first-order valence-corrected chi connectivity index (χ1v) is 9.56. The highest BCUT2D eigenvalue weighted by molar-refractivity contribution is 6.31. The predicted molar refractivity (Wildman–Crippen MR) is 109 cm³/mol. The summed E-state index contributed by atoms with van der Waals surface area (Å²) in [6.07, 6.45) is 5.83. The molecule has 1 fully saturated rings. The van der Waals surface area contributed by atoms with Crippen LogP contribution in [0.3, 0.4) is 0 Å². The Balaban J connectivity index is 1.50. The van der Waals surface area contributed by atoms with Crippen molar-refractivity contribution in [2.24, 2.45) is 5.92 Å². The molecule has 0 radical (unpaired) electrons. The van der Waals surface area contributed by atoms with Gasteiger partial charge in [0.15, 0.2) is 5.82 Å². The molecule has 1 aliphatic heterocycles. The Hall–Kier alpha value is -3.60. The third-order valence-corrected chi connectivity index (χ3v) is 5.06. The number of amides is 1. The van der Waals surface area contributed by atoms with Gasteiger partial charge in [-0.25, -0.2) is 19.6 Å². The topological polar surface area (TPSA) is 132 Å². The fourth-order valence-corrected chi connectivity index (χ4v) is 3.54. The van der Waals surface area contributed by atoms with Gasteiger partial charge in [0.2, 0.25) is 5.91 Å². The van der Waals surface area contributed by atoms with Gasteiger partial charge in [0.05, 0.1) is 10.8 Å². The Kier molecular flexibility index (Phi) is 5.53. The molecule has 0 aliphatic carbocycles. The maximum Gasteiger partial charge on any atom is 0.292 e. The van der Waals surface area contributed by atoms with E-state index < -0.39 is 4.92 Å². The molecule has 11 nitrogen and oxygen atoms in total. The summed E-state index contributed by atoms with van der Waals surface area (Å²) in [6.45, 7) is 1.16. The van der Waals surface area contributed by atoms with Crippen molar-refractivity contribution in [3.63, 3.8) is 0 Å². The summed E-state index contributed by atoms with van der Waals surface area (Å²) < 4.78 is 1.53. The molecule has 2 aromatic heterocycles. The molecule has 0 saturated carbocycles. The van der Waals surface area contributed by atoms with Gasteiger partial charge in [-0.1, -0.05) is 11.6 Å². The average molecular weight is 429 g/mol. The molecule has 3 heterocycles. The molecule has 12 heteroatoms. The minimum atomic E-state index is -0.550. The summed E-state index contributed by atoms with van der Waals surface area (Å²) in [4.78, 5) is 37.9. The Morgan fingerprint density at radius 3 is 2.83 bits per heavy atom. The molecule has 1 saturated heterocycles. The van der Waals surface area contributed by atoms with Gasteiger partial charge in [0.25, 0.3) is 5.69 Å². The van der Waals surface area contributed by atoms with Gasteiger partial charge in [-0.15, -0.1) is 0 Å². The zero-order valence-corrected chi connectivity index (χ0v) is 16.4. The van der Waals surface area contributed by atoms with Crippen molar-refractivity contribution in [1.29, 1.82) is 0 Å². The Labute approximate surface area is 175 Å². The number of anilines is 2. The molecular weight excluding hydrogens is 412 g/mol. The number of nitrogens with one attached hydrogen (secondary N) is 1. The highest BCUT2D eigenvalue weighted by Gasteiger charge is 2.28. The normalized spacial score (nSPS) is 16.3. The van der Waals surface area contributed by atoms with Crippen molar-refractivity contribution < 1.29 is 9.72 Å². The van der Waals surface area contributed by atoms with E-state index in [-0.39, 0.29) is 23.2 Å². The summed E-state index contributed by atoms with van der Waals surface area (Å²) in [7, 11) is 0. The van der Waals surface area contributed by atoms with Crippen molar-refractivity contribution in [3.05, 3.63) is 58.4 Å². The standard InChI is InChI=1S/C18H17ClN8O3/c19-13-3-4-15(27(29)30)14(6-13)24-18(28)12-2-1-5-25(8-12)16-7-17(22-10-21-16)26-11-20-9-23-26/h3-4,6-7,9-12H,1-2,5,8H2,(H,24,28). The number of hydrogen-bond acceptors (Lipinski definition) is 8. The first kappa shape index (κ1) is 19.7. The molecule has 1 aromatic carbocycles. The molecule has 4 rings (SSSR count). The minimum Gasteiger partial charge on any atom is -0.356 e. The highest BCUT2D eigenvalue weighted by atomic mass is 35.5. The first-order chi connectivity index (χ1) is 14.5. The van der Waals surface area contributed by atoms with E-state index in [1.807, 2.05) is 4.90 Å². The second-order valence-corrected chi connectivity index (χ2v) is 7.20. The van der Waals surface area contributed by atoms with Gasteiger partial charge in [-0.3, -0.25) is 14.9 Å². The predicted octanol–water partition coefficient (Wildman–Crippen LogP) is 2.47. The van der Waals surface area contributed by atoms with Crippen LogP contribution < -0.4 is 10.2 Å². The van der Waals surface area contributed by atoms with Crippen LogP contribution in [0.4, 0.5) is 17.2 Å². The number of nitrogens with zero attached hydrogens (tertiary/aromatic N) is 7. The van der Waals surface area contributed by atoms with E-state index in [0.717, 1.165) is 13.0 Å². The lowest BCUT2D eigenvalue weighted by Crippen LogP contribution is -2.41. The van der Waals surface area contributed by atoms with Crippen molar-refractivity contribution in [2.75, 3.05) is 23.3 Å². The molecule has 1 unspecified atom stereocenters. The van der Waals surface area contributed by atoms with Crippen molar-refractivity contribution in [2.45, 2.75) is 12.8 Å². The van der Waals surface area contributed by atoms with Crippen LogP contribution in [0, 0.1) is 16.0 Å². The van der Waals surface area contributed by atoms with Crippen molar-refractivity contribution in [1.82, 2.24) is 24.7 Å². The van der Waals surface area contributed by atoms with E-state index in [2.05, 4.69) is 25.4 Å². The van der Waals surface area contributed by atoms with Gasteiger partial charge < -0.3 is 10.2 Å². The lowest BCUT2D eigenvalue weighted by molar-refractivity contribution is -0.383. The van der Waals surface area contributed by atoms with Crippen molar-refractivity contribution >= 4 is 34.7 Å². The second-order valence-electron chi connectivity index (χ2n) is 6.77. The first-order valence-electron chi connectivity index (χ1n) is 9.18. The molecule has 1 aliphatic rings. The fourth-order valence-electron chi connectivity index (χ4n) is 3.36. The Morgan fingerprint density at radius 2 is 2.07 bits per heavy atom. The number of nitro groups is 1. The number of nitro benzene ring substituents is 1. The van der Waals surface area contributed by atoms with E-state index in [1.54, 1.807) is 6.07 Å². The van der Waals surface area contributed by atoms with Crippen LogP contribution in [0.2, 0.25) is 5.02 Å². The van der Waals surface area contributed by atoms with Crippen molar-refractivity contribution in [3.8, 4) is 5.82 Å². The molecule has 1 atom stereocenters.